The molecule has 180 valence electrons. The molecule has 5 aromatic rings. The number of fused-ring (bicyclic) bond motifs is 3. The van der Waals surface area contributed by atoms with Crippen molar-refractivity contribution in [3.8, 4) is 17.2 Å². The lowest BCUT2D eigenvalue weighted by molar-refractivity contribution is 0.0971. The minimum atomic E-state index is -0.823. The first kappa shape index (κ1) is 22.1. The summed E-state index contributed by atoms with van der Waals surface area (Å²) in [6.07, 6.45) is 0. The number of aromatic hydroxyl groups is 1. The van der Waals surface area contributed by atoms with Crippen molar-refractivity contribution in [2.45, 2.75) is 13.0 Å². The number of phenolic OH excluding ortho intramolecular Hbond substituents is 1. The van der Waals surface area contributed by atoms with E-state index in [0.717, 1.165) is 4.70 Å². The van der Waals surface area contributed by atoms with Gasteiger partial charge in [-0.15, -0.1) is 0 Å². The van der Waals surface area contributed by atoms with Gasteiger partial charge >= 0.3 is 0 Å². The van der Waals surface area contributed by atoms with E-state index in [1.807, 2.05) is 19.1 Å². The highest BCUT2D eigenvalue weighted by Gasteiger charge is 2.45. The Kier molecular flexibility index (Phi) is 5.15. The molecule has 0 aliphatic carbocycles. The second kappa shape index (κ2) is 8.39. The molecular weight excluding hydrogens is 480 g/mol. The molecule has 1 atom stereocenters. The van der Waals surface area contributed by atoms with Crippen LogP contribution in [0.5, 0.6) is 17.2 Å². The Hall–Kier alpha value is -4.37. The lowest BCUT2D eigenvalue weighted by Crippen LogP contribution is -2.29. The van der Waals surface area contributed by atoms with Gasteiger partial charge < -0.3 is 19.0 Å². The molecule has 9 heteroatoms. The number of carbonyl (C=O) groups excluding carboxylic acids is 1. The zero-order valence-electron chi connectivity index (χ0n) is 19.3. The second-order valence-corrected chi connectivity index (χ2v) is 9.25. The highest BCUT2D eigenvalue weighted by Crippen LogP contribution is 2.45. The number of hydrogen-bond donors (Lipinski definition) is 1. The molecule has 0 fully saturated rings. The maximum atomic E-state index is 13.8. The third kappa shape index (κ3) is 3.31. The highest BCUT2D eigenvalue weighted by atomic mass is 32.1. The molecule has 6 rings (SSSR count). The summed E-state index contributed by atoms with van der Waals surface area (Å²) in [5.41, 5.74) is 1.56. The van der Waals surface area contributed by atoms with Gasteiger partial charge in [0.25, 0.3) is 5.91 Å². The van der Waals surface area contributed by atoms with Crippen molar-refractivity contribution >= 4 is 43.6 Å². The number of hydrogen-bond acceptors (Lipinski definition) is 8. The lowest BCUT2D eigenvalue weighted by atomic mass is 9.98. The number of rotatable bonds is 5. The molecule has 1 amide bonds. The van der Waals surface area contributed by atoms with E-state index in [4.69, 9.17) is 18.9 Å². The van der Waals surface area contributed by atoms with E-state index in [9.17, 15) is 14.7 Å². The molecule has 1 N–H and O–H groups in total. The zero-order chi connectivity index (χ0) is 25.0. The van der Waals surface area contributed by atoms with Crippen LogP contribution in [0.3, 0.4) is 0 Å². The van der Waals surface area contributed by atoms with Crippen LogP contribution in [0.15, 0.2) is 69.9 Å². The van der Waals surface area contributed by atoms with Gasteiger partial charge in [-0.05, 0) is 55.0 Å². The summed E-state index contributed by atoms with van der Waals surface area (Å²) in [5, 5.41) is 11.1. The maximum Gasteiger partial charge on any atom is 0.297 e. The lowest BCUT2D eigenvalue weighted by Gasteiger charge is -2.23. The van der Waals surface area contributed by atoms with Gasteiger partial charge in [0.05, 0.1) is 40.9 Å². The summed E-state index contributed by atoms with van der Waals surface area (Å²) < 4.78 is 17.7. The van der Waals surface area contributed by atoms with Gasteiger partial charge in [0.15, 0.2) is 22.1 Å². The molecule has 0 radical (unpaired) electrons. The van der Waals surface area contributed by atoms with Crippen LogP contribution in [0.2, 0.25) is 0 Å². The maximum absolute atomic E-state index is 13.8. The molecule has 0 bridgehead atoms. The Labute approximate surface area is 208 Å². The van der Waals surface area contributed by atoms with Crippen molar-refractivity contribution in [2.75, 3.05) is 18.6 Å². The van der Waals surface area contributed by atoms with Gasteiger partial charge in [0, 0.05) is 0 Å². The van der Waals surface area contributed by atoms with Crippen molar-refractivity contribution in [3.63, 3.8) is 0 Å². The zero-order valence-corrected chi connectivity index (χ0v) is 20.2. The molecule has 1 unspecified atom stereocenters. The molecular formula is C27H20N2O6S. The fraction of sp³-hybridized carbons (Fsp3) is 0.148. The molecule has 8 nitrogen and oxygen atoms in total. The monoisotopic (exact) mass is 500 g/mol. The third-order valence-electron chi connectivity index (χ3n) is 6.17. The number of thiazole rings is 1. The second-order valence-electron chi connectivity index (χ2n) is 8.24. The summed E-state index contributed by atoms with van der Waals surface area (Å²) in [4.78, 5) is 33.7. The van der Waals surface area contributed by atoms with Crippen molar-refractivity contribution < 1.29 is 23.8 Å². The van der Waals surface area contributed by atoms with Crippen molar-refractivity contribution in [1.82, 2.24) is 4.98 Å². The average Bonchev–Trinajstić information content (AvgIpc) is 3.43. The first-order valence-corrected chi connectivity index (χ1v) is 12.1. The fourth-order valence-electron chi connectivity index (χ4n) is 4.53. The van der Waals surface area contributed by atoms with E-state index in [1.54, 1.807) is 49.6 Å². The first-order chi connectivity index (χ1) is 17.5. The van der Waals surface area contributed by atoms with Crippen LogP contribution in [0.1, 0.15) is 34.6 Å². The number of methoxy groups -OCH3 is 1. The number of para-hydroxylation sites is 1. The topological polar surface area (TPSA) is 102 Å². The molecule has 3 aromatic carbocycles. The van der Waals surface area contributed by atoms with Crippen molar-refractivity contribution in [1.29, 1.82) is 0 Å². The predicted molar refractivity (Wildman–Crippen MR) is 137 cm³/mol. The van der Waals surface area contributed by atoms with Crippen LogP contribution in [-0.2, 0) is 0 Å². The summed E-state index contributed by atoms with van der Waals surface area (Å²) >= 11 is 1.31. The standard InChI is InChI=1S/C27H20N2O6S/c1-3-34-20-12-14(8-11-18(20)30)23-22-24(31)16-6-4-5-7-19(16)35-25(22)26(32)29(23)27-28-17-10-9-15(33-2)13-21(17)36-27/h4-13,23,30H,3H2,1-2H3. The van der Waals surface area contributed by atoms with E-state index in [1.165, 1.54) is 22.3 Å². The summed E-state index contributed by atoms with van der Waals surface area (Å²) in [6.45, 7) is 2.15. The predicted octanol–water partition coefficient (Wildman–Crippen LogP) is 5.27. The Morgan fingerprint density at radius 2 is 1.94 bits per heavy atom. The van der Waals surface area contributed by atoms with Crippen LogP contribution in [0.25, 0.3) is 21.2 Å². The van der Waals surface area contributed by atoms with Gasteiger partial charge in [-0.2, -0.15) is 0 Å². The van der Waals surface area contributed by atoms with E-state index in [2.05, 4.69) is 0 Å². The minimum Gasteiger partial charge on any atom is -0.504 e. The number of benzene rings is 3. The minimum absolute atomic E-state index is 0.0217. The Morgan fingerprint density at radius 1 is 1.11 bits per heavy atom. The summed E-state index contributed by atoms with van der Waals surface area (Å²) in [5.74, 6) is 0.416. The summed E-state index contributed by atoms with van der Waals surface area (Å²) in [7, 11) is 1.59. The van der Waals surface area contributed by atoms with Crippen LogP contribution in [0.4, 0.5) is 5.13 Å². The van der Waals surface area contributed by atoms with E-state index >= 15 is 0 Å². The van der Waals surface area contributed by atoms with Crippen LogP contribution >= 0.6 is 11.3 Å². The first-order valence-electron chi connectivity index (χ1n) is 11.3. The fourth-order valence-corrected chi connectivity index (χ4v) is 5.55. The normalized spacial score (nSPS) is 15.0. The SMILES string of the molecule is CCOc1cc(C2c3c(oc4ccccc4c3=O)C(=O)N2c2nc3ccc(OC)cc3s2)ccc1O. The Morgan fingerprint density at radius 3 is 2.75 bits per heavy atom. The molecule has 36 heavy (non-hydrogen) atoms. The molecule has 2 aromatic heterocycles. The van der Waals surface area contributed by atoms with Crippen LogP contribution in [-0.4, -0.2) is 29.7 Å². The highest BCUT2D eigenvalue weighted by molar-refractivity contribution is 7.22. The van der Waals surface area contributed by atoms with Crippen molar-refractivity contribution in [2.24, 2.45) is 0 Å². The number of amides is 1. The van der Waals surface area contributed by atoms with E-state index in [-0.39, 0.29) is 28.3 Å². The number of ether oxygens (including phenoxy) is 2. The third-order valence-corrected chi connectivity index (χ3v) is 7.18. The van der Waals surface area contributed by atoms with Crippen molar-refractivity contribution in [3.05, 3.63) is 87.8 Å². The van der Waals surface area contributed by atoms with Gasteiger partial charge in [0.2, 0.25) is 5.76 Å². The van der Waals surface area contributed by atoms with Gasteiger partial charge in [0.1, 0.15) is 11.3 Å². The molecule has 0 saturated heterocycles. The largest absolute Gasteiger partial charge is 0.504 e. The number of aromatic nitrogens is 1. The average molecular weight is 501 g/mol. The Bertz CT molecular complexity index is 1720. The Balaban J connectivity index is 1.61. The van der Waals surface area contributed by atoms with Crippen LogP contribution < -0.4 is 19.8 Å². The molecule has 0 spiro atoms. The van der Waals surface area contributed by atoms with Gasteiger partial charge in [-0.1, -0.05) is 29.5 Å². The molecule has 1 aliphatic heterocycles. The molecule has 3 heterocycles. The number of anilines is 1. The van der Waals surface area contributed by atoms with Gasteiger partial charge in [-0.25, -0.2) is 4.98 Å². The van der Waals surface area contributed by atoms with E-state index < -0.39 is 11.9 Å². The number of phenols is 1. The quantitative estimate of drug-likeness (QED) is 0.351. The van der Waals surface area contributed by atoms with Gasteiger partial charge in [-0.3, -0.25) is 14.5 Å². The number of nitrogens with zero attached hydrogens (tertiary/aromatic N) is 2. The number of carbonyl (C=O) groups is 1. The van der Waals surface area contributed by atoms with E-state index in [0.29, 0.717) is 39.5 Å². The molecule has 0 saturated carbocycles. The smallest absolute Gasteiger partial charge is 0.297 e. The summed E-state index contributed by atoms with van der Waals surface area (Å²) in [6, 6.07) is 16.3. The molecule has 1 aliphatic rings. The van der Waals surface area contributed by atoms with Crippen LogP contribution in [0, 0.1) is 0 Å².